The Hall–Kier alpha value is -0.170. The molecule has 5 nitrogen and oxygen atoms in total. The normalized spacial score (nSPS) is 14.4. The highest BCUT2D eigenvalue weighted by Gasteiger charge is 2.04. The Balaban J connectivity index is 3.36. The Morgan fingerprint density at radius 2 is 2.08 bits per heavy atom. The van der Waals surface area contributed by atoms with Crippen LogP contribution in [0.3, 0.4) is 0 Å². The molecule has 0 aliphatic rings. The first kappa shape index (κ1) is 12.8. The molecule has 0 rings (SSSR count). The van der Waals surface area contributed by atoms with Crippen LogP contribution in [0.1, 0.15) is 19.8 Å². The maximum absolute atomic E-state index is 10.3. The number of nitrogens with one attached hydrogen (secondary N) is 1. The van der Waals surface area contributed by atoms with Crippen molar-refractivity contribution in [3.05, 3.63) is 0 Å². The molecule has 0 fully saturated rings. The minimum Gasteiger partial charge on any atom is -0.396 e. The fourth-order valence-electron chi connectivity index (χ4n) is 0.899. The highest BCUT2D eigenvalue weighted by Crippen LogP contribution is 1.91. The third-order valence-corrected chi connectivity index (χ3v) is 2.44. The van der Waals surface area contributed by atoms with Gasteiger partial charge in [0.05, 0.1) is 5.75 Å². The third kappa shape index (κ3) is 9.75. The van der Waals surface area contributed by atoms with Gasteiger partial charge in [0.15, 0.2) is 0 Å². The minimum absolute atomic E-state index is 0.118. The summed E-state index contributed by atoms with van der Waals surface area (Å²) in [7, 11) is -3.82. The van der Waals surface area contributed by atoms with E-state index in [1.54, 1.807) is 0 Å². The predicted molar refractivity (Wildman–Crippen MR) is 50.2 cm³/mol. The first-order valence-electron chi connectivity index (χ1n) is 4.25. The molecule has 0 heterocycles. The zero-order valence-electron chi connectivity index (χ0n) is 7.73. The van der Waals surface area contributed by atoms with Gasteiger partial charge in [-0.25, -0.2) is 0 Å². The Kier molecular flexibility index (Phi) is 6.23. The summed E-state index contributed by atoms with van der Waals surface area (Å²) in [5.74, 6) is -0.216. The molecule has 13 heavy (non-hydrogen) atoms. The van der Waals surface area contributed by atoms with E-state index in [1.807, 2.05) is 6.92 Å². The van der Waals surface area contributed by atoms with E-state index in [0.29, 0.717) is 19.4 Å². The summed E-state index contributed by atoms with van der Waals surface area (Å²) in [5, 5.41) is 11.6. The smallest absolute Gasteiger partial charge is 0.264 e. The molecule has 0 saturated carbocycles. The van der Waals surface area contributed by atoms with Crippen LogP contribution in [0, 0.1) is 0 Å². The zero-order valence-corrected chi connectivity index (χ0v) is 8.55. The summed E-state index contributed by atoms with van der Waals surface area (Å²) in [6.07, 6.45) is 1.03. The third-order valence-electron chi connectivity index (χ3n) is 1.63. The summed E-state index contributed by atoms with van der Waals surface area (Å²) in [6, 6.07) is 0.173. The van der Waals surface area contributed by atoms with Crippen molar-refractivity contribution in [2.75, 3.05) is 18.9 Å². The molecule has 0 amide bonds. The van der Waals surface area contributed by atoms with Crippen LogP contribution < -0.4 is 5.32 Å². The van der Waals surface area contributed by atoms with Gasteiger partial charge in [-0.3, -0.25) is 4.55 Å². The molecule has 0 radical (unpaired) electrons. The van der Waals surface area contributed by atoms with Crippen molar-refractivity contribution < 1.29 is 18.1 Å². The van der Waals surface area contributed by atoms with Crippen LogP contribution in [0.2, 0.25) is 0 Å². The summed E-state index contributed by atoms with van der Waals surface area (Å²) < 4.78 is 29.0. The molecule has 0 aromatic heterocycles. The molecule has 0 aromatic carbocycles. The van der Waals surface area contributed by atoms with E-state index in [1.165, 1.54) is 0 Å². The zero-order chi connectivity index (χ0) is 10.3. The van der Waals surface area contributed by atoms with E-state index in [2.05, 4.69) is 5.32 Å². The van der Waals surface area contributed by atoms with Gasteiger partial charge in [0, 0.05) is 12.6 Å². The SMILES string of the molecule is CC(CCO)NCCCS(=O)(=O)O. The second kappa shape index (κ2) is 6.31. The second-order valence-electron chi connectivity index (χ2n) is 3.01. The van der Waals surface area contributed by atoms with Crippen molar-refractivity contribution in [1.29, 1.82) is 0 Å². The van der Waals surface area contributed by atoms with Gasteiger partial charge in [0.25, 0.3) is 10.1 Å². The fraction of sp³-hybridized carbons (Fsp3) is 1.00. The summed E-state index contributed by atoms with van der Waals surface area (Å²) >= 11 is 0. The monoisotopic (exact) mass is 211 g/mol. The largest absolute Gasteiger partial charge is 0.396 e. The van der Waals surface area contributed by atoms with Crippen molar-refractivity contribution in [1.82, 2.24) is 5.32 Å². The number of rotatable bonds is 7. The first-order chi connectivity index (χ1) is 5.95. The van der Waals surface area contributed by atoms with Gasteiger partial charge in [-0.1, -0.05) is 0 Å². The summed E-state index contributed by atoms with van der Waals surface area (Å²) in [6.45, 7) is 2.55. The molecule has 0 spiro atoms. The molecule has 0 bridgehead atoms. The molecular formula is C7H17NO4S. The lowest BCUT2D eigenvalue weighted by atomic mass is 10.2. The molecule has 0 aliphatic carbocycles. The molecule has 0 aromatic rings. The standard InChI is InChI=1S/C7H17NO4S/c1-7(3-5-9)8-4-2-6-13(10,11)12/h7-9H,2-6H2,1H3,(H,10,11,12). The van der Waals surface area contributed by atoms with Crippen LogP contribution in [0.15, 0.2) is 0 Å². The average Bonchev–Trinajstić information content (AvgIpc) is 1.97. The molecular weight excluding hydrogens is 194 g/mol. The quantitative estimate of drug-likeness (QED) is 0.395. The Morgan fingerprint density at radius 3 is 2.54 bits per heavy atom. The average molecular weight is 211 g/mol. The van der Waals surface area contributed by atoms with Gasteiger partial charge >= 0.3 is 0 Å². The minimum atomic E-state index is -3.82. The number of hydrogen-bond donors (Lipinski definition) is 3. The van der Waals surface area contributed by atoms with Crippen molar-refractivity contribution >= 4 is 10.1 Å². The van der Waals surface area contributed by atoms with E-state index in [9.17, 15) is 8.42 Å². The second-order valence-corrected chi connectivity index (χ2v) is 4.58. The van der Waals surface area contributed by atoms with Crippen molar-refractivity contribution in [2.45, 2.75) is 25.8 Å². The predicted octanol–water partition coefficient (Wildman–Crippen LogP) is -0.375. The van der Waals surface area contributed by atoms with Gasteiger partial charge in [-0.15, -0.1) is 0 Å². The van der Waals surface area contributed by atoms with Crippen LogP contribution in [0.5, 0.6) is 0 Å². The van der Waals surface area contributed by atoms with E-state index < -0.39 is 10.1 Å². The van der Waals surface area contributed by atoms with E-state index in [-0.39, 0.29) is 18.4 Å². The highest BCUT2D eigenvalue weighted by molar-refractivity contribution is 7.85. The Morgan fingerprint density at radius 1 is 1.46 bits per heavy atom. The van der Waals surface area contributed by atoms with Crippen molar-refractivity contribution in [3.8, 4) is 0 Å². The molecule has 1 unspecified atom stereocenters. The van der Waals surface area contributed by atoms with Crippen LogP contribution >= 0.6 is 0 Å². The van der Waals surface area contributed by atoms with Crippen LogP contribution in [-0.2, 0) is 10.1 Å². The lowest BCUT2D eigenvalue weighted by molar-refractivity contribution is 0.269. The van der Waals surface area contributed by atoms with E-state index in [4.69, 9.17) is 9.66 Å². The van der Waals surface area contributed by atoms with Gasteiger partial charge < -0.3 is 10.4 Å². The maximum Gasteiger partial charge on any atom is 0.264 e. The number of aliphatic hydroxyl groups is 1. The molecule has 1 atom stereocenters. The fourth-order valence-corrected chi connectivity index (χ4v) is 1.41. The van der Waals surface area contributed by atoms with Crippen LogP contribution in [0.25, 0.3) is 0 Å². The molecule has 6 heteroatoms. The van der Waals surface area contributed by atoms with Gasteiger partial charge in [0.1, 0.15) is 0 Å². The lowest BCUT2D eigenvalue weighted by Crippen LogP contribution is -2.28. The summed E-state index contributed by atoms with van der Waals surface area (Å²) in [4.78, 5) is 0. The molecule has 80 valence electrons. The van der Waals surface area contributed by atoms with Crippen molar-refractivity contribution in [2.24, 2.45) is 0 Å². The highest BCUT2D eigenvalue weighted by atomic mass is 32.2. The molecule has 3 N–H and O–H groups in total. The van der Waals surface area contributed by atoms with Crippen molar-refractivity contribution in [3.63, 3.8) is 0 Å². The molecule has 0 aliphatic heterocycles. The number of hydrogen-bond acceptors (Lipinski definition) is 4. The van der Waals surface area contributed by atoms with Gasteiger partial charge in [-0.05, 0) is 26.3 Å². The van der Waals surface area contributed by atoms with Gasteiger partial charge in [-0.2, -0.15) is 8.42 Å². The maximum atomic E-state index is 10.3. The lowest BCUT2D eigenvalue weighted by Gasteiger charge is -2.11. The van der Waals surface area contributed by atoms with Gasteiger partial charge in [0.2, 0.25) is 0 Å². The van der Waals surface area contributed by atoms with Crippen LogP contribution in [-0.4, -0.2) is 43.0 Å². The molecule has 0 saturated heterocycles. The topological polar surface area (TPSA) is 86.6 Å². The summed E-state index contributed by atoms with van der Waals surface area (Å²) in [5.41, 5.74) is 0. The Bertz CT molecular complexity index is 215. The van der Waals surface area contributed by atoms with E-state index >= 15 is 0 Å². The van der Waals surface area contributed by atoms with Crippen LogP contribution in [0.4, 0.5) is 0 Å². The van der Waals surface area contributed by atoms with E-state index in [0.717, 1.165) is 0 Å². The Labute approximate surface area is 78.9 Å². The number of aliphatic hydroxyl groups excluding tert-OH is 1. The first-order valence-corrected chi connectivity index (χ1v) is 5.86.